The Morgan fingerprint density at radius 1 is 1.33 bits per heavy atom. The normalized spacial score (nSPS) is 12.6. The molecule has 21 heavy (non-hydrogen) atoms. The lowest BCUT2D eigenvalue weighted by Gasteiger charge is -2.13. The molecule has 0 saturated carbocycles. The van der Waals surface area contributed by atoms with Crippen LogP contribution in [0.5, 0.6) is 0 Å². The zero-order valence-electron chi connectivity index (χ0n) is 12.4. The van der Waals surface area contributed by atoms with Crippen LogP contribution in [0.15, 0.2) is 28.7 Å². The fraction of sp³-hybridized carbons (Fsp3) is 0.438. The molecule has 3 nitrogen and oxygen atoms in total. The first-order valence-electron chi connectivity index (χ1n) is 7.29. The van der Waals surface area contributed by atoms with Gasteiger partial charge in [0.2, 0.25) is 0 Å². The number of benzene rings is 1. The van der Waals surface area contributed by atoms with Gasteiger partial charge in [-0.3, -0.25) is 4.68 Å². The topological polar surface area (TPSA) is 43.8 Å². The average Bonchev–Trinajstić information content (AvgIpc) is 2.75. The van der Waals surface area contributed by atoms with Gasteiger partial charge in [0, 0.05) is 23.5 Å². The molecule has 0 amide bonds. The minimum Gasteiger partial charge on any atom is -0.327 e. The number of aryl methyl sites for hydroxylation is 2. The van der Waals surface area contributed by atoms with Crippen molar-refractivity contribution in [1.82, 2.24) is 9.78 Å². The Hall–Kier alpha value is -0.840. The van der Waals surface area contributed by atoms with Crippen molar-refractivity contribution in [1.29, 1.82) is 0 Å². The van der Waals surface area contributed by atoms with Gasteiger partial charge in [-0.15, -0.1) is 0 Å². The number of rotatable bonds is 6. The molecule has 0 aliphatic heterocycles. The minimum absolute atomic E-state index is 0.0310. The third kappa shape index (κ3) is 4.09. The van der Waals surface area contributed by atoms with Crippen molar-refractivity contribution in [3.63, 3.8) is 0 Å². The van der Waals surface area contributed by atoms with Crippen molar-refractivity contribution in [2.24, 2.45) is 5.73 Å². The SMILES string of the molecule is CCc1nn(CC)c(CC(N)Cc2cccc(Br)c2)c1Cl. The predicted octanol–water partition coefficient (Wildman–Crippen LogP) is 3.99. The summed E-state index contributed by atoms with van der Waals surface area (Å²) in [4.78, 5) is 0. The highest BCUT2D eigenvalue weighted by molar-refractivity contribution is 9.10. The van der Waals surface area contributed by atoms with E-state index in [9.17, 15) is 0 Å². The quantitative estimate of drug-likeness (QED) is 0.835. The molecule has 0 aliphatic carbocycles. The summed E-state index contributed by atoms with van der Waals surface area (Å²) in [5.41, 5.74) is 9.56. The molecule has 0 aliphatic rings. The van der Waals surface area contributed by atoms with Crippen molar-refractivity contribution in [2.45, 2.75) is 45.7 Å². The molecule has 114 valence electrons. The van der Waals surface area contributed by atoms with Crippen LogP contribution < -0.4 is 5.73 Å². The Bertz CT molecular complexity index is 610. The molecule has 2 aromatic rings. The van der Waals surface area contributed by atoms with Gasteiger partial charge in [-0.2, -0.15) is 5.10 Å². The first-order chi connectivity index (χ1) is 10.0. The van der Waals surface area contributed by atoms with E-state index in [0.29, 0.717) is 0 Å². The van der Waals surface area contributed by atoms with Gasteiger partial charge in [-0.05, 0) is 37.5 Å². The fourth-order valence-electron chi connectivity index (χ4n) is 2.50. The van der Waals surface area contributed by atoms with Gasteiger partial charge >= 0.3 is 0 Å². The predicted molar refractivity (Wildman–Crippen MR) is 91.8 cm³/mol. The molecule has 1 aromatic carbocycles. The van der Waals surface area contributed by atoms with Gasteiger partial charge in [0.05, 0.1) is 16.4 Å². The van der Waals surface area contributed by atoms with Crippen molar-refractivity contribution in [3.8, 4) is 0 Å². The van der Waals surface area contributed by atoms with E-state index in [1.165, 1.54) is 5.56 Å². The molecule has 0 radical (unpaired) electrons. The summed E-state index contributed by atoms with van der Waals surface area (Å²) in [5.74, 6) is 0. The number of nitrogens with two attached hydrogens (primary N) is 1. The number of hydrogen-bond donors (Lipinski definition) is 1. The lowest BCUT2D eigenvalue weighted by Crippen LogP contribution is -2.27. The minimum atomic E-state index is 0.0310. The monoisotopic (exact) mass is 369 g/mol. The molecule has 0 fully saturated rings. The smallest absolute Gasteiger partial charge is 0.0850 e. The van der Waals surface area contributed by atoms with Gasteiger partial charge < -0.3 is 5.73 Å². The highest BCUT2D eigenvalue weighted by atomic mass is 79.9. The molecule has 1 atom stereocenters. The number of hydrogen-bond acceptors (Lipinski definition) is 2. The van der Waals surface area contributed by atoms with Crippen molar-refractivity contribution in [3.05, 3.63) is 50.7 Å². The third-order valence-corrected chi connectivity index (χ3v) is 4.47. The van der Waals surface area contributed by atoms with E-state index in [4.69, 9.17) is 17.3 Å². The summed E-state index contributed by atoms with van der Waals surface area (Å²) >= 11 is 9.92. The second-order valence-corrected chi connectivity index (χ2v) is 6.47. The zero-order chi connectivity index (χ0) is 15.4. The first-order valence-corrected chi connectivity index (χ1v) is 8.46. The van der Waals surface area contributed by atoms with Gasteiger partial charge in [0.1, 0.15) is 0 Å². The highest BCUT2D eigenvalue weighted by Gasteiger charge is 2.17. The van der Waals surface area contributed by atoms with E-state index in [-0.39, 0.29) is 6.04 Å². The van der Waals surface area contributed by atoms with E-state index in [2.05, 4.69) is 47.0 Å². The summed E-state index contributed by atoms with van der Waals surface area (Å²) in [7, 11) is 0. The van der Waals surface area contributed by atoms with Crippen LogP contribution in [0.3, 0.4) is 0 Å². The van der Waals surface area contributed by atoms with E-state index >= 15 is 0 Å². The Balaban J connectivity index is 2.12. The zero-order valence-corrected chi connectivity index (χ0v) is 14.8. The molecule has 0 spiro atoms. The summed E-state index contributed by atoms with van der Waals surface area (Å²) in [6, 6.07) is 8.29. The lowest BCUT2D eigenvalue weighted by atomic mass is 10.0. The third-order valence-electron chi connectivity index (χ3n) is 3.54. The summed E-state index contributed by atoms with van der Waals surface area (Å²) in [6.45, 7) is 4.96. The van der Waals surface area contributed by atoms with Gasteiger partial charge in [0.15, 0.2) is 0 Å². The molecule has 1 heterocycles. The second-order valence-electron chi connectivity index (χ2n) is 5.17. The fourth-order valence-corrected chi connectivity index (χ4v) is 3.29. The molecule has 0 saturated heterocycles. The molecular formula is C16H21BrClN3. The molecule has 1 unspecified atom stereocenters. The maximum Gasteiger partial charge on any atom is 0.0850 e. The standard InChI is InChI=1S/C16H21BrClN3/c1-3-14-16(18)15(21(4-2)20-14)10-13(19)9-11-6-5-7-12(17)8-11/h5-8,13H,3-4,9-10,19H2,1-2H3. The highest BCUT2D eigenvalue weighted by Crippen LogP contribution is 2.23. The van der Waals surface area contributed by atoms with Crippen LogP contribution in [0.2, 0.25) is 5.02 Å². The molecule has 0 bridgehead atoms. The van der Waals surface area contributed by atoms with Gasteiger partial charge in [-0.25, -0.2) is 0 Å². The molecule has 5 heteroatoms. The lowest BCUT2D eigenvalue weighted by molar-refractivity contribution is 0.573. The van der Waals surface area contributed by atoms with E-state index in [0.717, 1.165) is 46.7 Å². The Kier molecular flexibility index (Phi) is 5.85. The van der Waals surface area contributed by atoms with Crippen LogP contribution >= 0.6 is 27.5 Å². The summed E-state index contributed by atoms with van der Waals surface area (Å²) in [6.07, 6.45) is 2.41. The Morgan fingerprint density at radius 2 is 2.10 bits per heavy atom. The number of aromatic nitrogens is 2. The Morgan fingerprint density at radius 3 is 2.71 bits per heavy atom. The van der Waals surface area contributed by atoms with E-state index < -0.39 is 0 Å². The number of halogens is 2. The maximum absolute atomic E-state index is 6.43. The summed E-state index contributed by atoms with van der Waals surface area (Å²) < 4.78 is 3.05. The van der Waals surface area contributed by atoms with Crippen LogP contribution in [0.4, 0.5) is 0 Å². The summed E-state index contributed by atoms with van der Waals surface area (Å²) in [5, 5.41) is 5.32. The van der Waals surface area contributed by atoms with Crippen LogP contribution in [0, 0.1) is 0 Å². The largest absolute Gasteiger partial charge is 0.327 e. The molecule has 2 N–H and O–H groups in total. The first kappa shape index (κ1) is 16.5. The molecular weight excluding hydrogens is 350 g/mol. The number of nitrogens with zero attached hydrogens (tertiary/aromatic N) is 2. The molecule has 2 rings (SSSR count). The van der Waals surface area contributed by atoms with Crippen molar-refractivity contribution in [2.75, 3.05) is 0 Å². The second kappa shape index (κ2) is 7.43. The van der Waals surface area contributed by atoms with Crippen molar-refractivity contribution >= 4 is 27.5 Å². The van der Waals surface area contributed by atoms with E-state index in [1.807, 2.05) is 16.8 Å². The maximum atomic E-state index is 6.43. The van der Waals surface area contributed by atoms with Gasteiger partial charge in [0.25, 0.3) is 0 Å². The van der Waals surface area contributed by atoms with Crippen LogP contribution in [0.1, 0.15) is 30.8 Å². The van der Waals surface area contributed by atoms with Gasteiger partial charge in [-0.1, -0.05) is 46.6 Å². The van der Waals surface area contributed by atoms with Crippen molar-refractivity contribution < 1.29 is 0 Å². The average molecular weight is 371 g/mol. The van der Waals surface area contributed by atoms with E-state index in [1.54, 1.807) is 0 Å². The van der Waals surface area contributed by atoms with Crippen LogP contribution in [0.25, 0.3) is 0 Å². The molecule has 1 aromatic heterocycles. The van der Waals surface area contributed by atoms with Crippen LogP contribution in [-0.2, 0) is 25.8 Å². The van der Waals surface area contributed by atoms with Crippen LogP contribution in [-0.4, -0.2) is 15.8 Å². The Labute approximate surface area is 139 Å².